The van der Waals surface area contributed by atoms with E-state index >= 15 is 0 Å². The Morgan fingerprint density at radius 1 is 1.15 bits per heavy atom. The molecule has 138 valence electrons. The van der Waals surface area contributed by atoms with Gasteiger partial charge in [-0.2, -0.15) is 5.10 Å². The van der Waals surface area contributed by atoms with E-state index in [-0.39, 0.29) is 6.03 Å². The van der Waals surface area contributed by atoms with E-state index in [0.29, 0.717) is 11.8 Å². The fraction of sp³-hybridized carbons (Fsp3) is 0.500. The van der Waals surface area contributed by atoms with E-state index in [1.165, 1.54) is 5.56 Å². The van der Waals surface area contributed by atoms with E-state index < -0.39 is 0 Å². The van der Waals surface area contributed by atoms with Crippen LogP contribution in [0.5, 0.6) is 5.75 Å². The Kier molecular flexibility index (Phi) is 4.82. The second kappa shape index (κ2) is 7.40. The Bertz CT molecular complexity index is 723. The van der Waals surface area contributed by atoms with Crippen molar-refractivity contribution in [2.45, 2.75) is 31.6 Å². The van der Waals surface area contributed by atoms with Crippen LogP contribution < -0.4 is 4.74 Å². The average Bonchev–Trinajstić information content (AvgIpc) is 3.30. The molecule has 2 amide bonds. The van der Waals surface area contributed by atoms with Crippen LogP contribution in [0.1, 0.15) is 42.9 Å². The fourth-order valence-electron chi connectivity index (χ4n) is 3.78. The molecule has 1 aromatic carbocycles. The third-order valence-corrected chi connectivity index (χ3v) is 5.40. The highest BCUT2D eigenvalue weighted by Crippen LogP contribution is 2.32. The lowest BCUT2D eigenvalue weighted by Crippen LogP contribution is -2.53. The van der Waals surface area contributed by atoms with E-state index in [1.54, 1.807) is 6.20 Å². The van der Waals surface area contributed by atoms with E-state index in [0.717, 1.165) is 57.1 Å². The van der Waals surface area contributed by atoms with Crippen LogP contribution in [0.15, 0.2) is 36.5 Å². The van der Waals surface area contributed by atoms with Gasteiger partial charge in [0.15, 0.2) is 0 Å². The van der Waals surface area contributed by atoms with Gasteiger partial charge in [-0.25, -0.2) is 4.79 Å². The normalized spacial score (nSPS) is 20.3. The van der Waals surface area contributed by atoms with Crippen molar-refractivity contribution in [3.63, 3.8) is 0 Å². The fourth-order valence-corrected chi connectivity index (χ4v) is 3.78. The lowest BCUT2D eigenvalue weighted by atomic mass is 9.92. The number of amides is 2. The van der Waals surface area contributed by atoms with Gasteiger partial charge < -0.3 is 14.5 Å². The summed E-state index contributed by atoms with van der Waals surface area (Å²) < 4.78 is 5.63. The molecule has 6 nitrogen and oxygen atoms in total. The highest BCUT2D eigenvalue weighted by Gasteiger charge is 2.37. The van der Waals surface area contributed by atoms with Gasteiger partial charge in [-0.05, 0) is 36.6 Å². The number of aromatic nitrogens is 2. The summed E-state index contributed by atoms with van der Waals surface area (Å²) in [5, 5.41) is 7.05. The molecular weight excluding hydrogens is 328 g/mol. The second-order valence-corrected chi connectivity index (χ2v) is 7.25. The van der Waals surface area contributed by atoms with Crippen LogP contribution in [-0.4, -0.2) is 58.8 Å². The van der Waals surface area contributed by atoms with Gasteiger partial charge in [-0.3, -0.25) is 5.10 Å². The number of H-pyrrole nitrogens is 1. The van der Waals surface area contributed by atoms with Gasteiger partial charge in [-0.1, -0.05) is 19.1 Å². The number of nitrogens with zero attached hydrogens (tertiary/aromatic N) is 3. The summed E-state index contributed by atoms with van der Waals surface area (Å²) in [4.78, 5) is 16.6. The first-order chi connectivity index (χ1) is 12.7. The molecule has 4 rings (SSSR count). The van der Waals surface area contributed by atoms with Gasteiger partial charge >= 0.3 is 6.03 Å². The van der Waals surface area contributed by atoms with Crippen molar-refractivity contribution in [3.05, 3.63) is 47.8 Å². The minimum atomic E-state index is 0.172. The number of aromatic amines is 1. The Balaban J connectivity index is 1.27. The molecule has 2 fully saturated rings. The average molecular weight is 354 g/mol. The first-order valence-corrected chi connectivity index (χ1v) is 9.50. The van der Waals surface area contributed by atoms with Gasteiger partial charge in [0.1, 0.15) is 5.75 Å². The lowest BCUT2D eigenvalue weighted by molar-refractivity contribution is 0.121. The summed E-state index contributed by atoms with van der Waals surface area (Å²) in [6, 6.07) is 10.5. The molecule has 0 aliphatic carbocycles. The van der Waals surface area contributed by atoms with E-state index in [9.17, 15) is 4.79 Å². The smallest absolute Gasteiger partial charge is 0.320 e. The molecule has 1 aromatic heterocycles. The van der Waals surface area contributed by atoms with Crippen molar-refractivity contribution >= 4 is 6.03 Å². The van der Waals surface area contributed by atoms with Crippen molar-refractivity contribution in [2.75, 3.05) is 32.8 Å². The minimum absolute atomic E-state index is 0.172. The maximum atomic E-state index is 12.7. The Hall–Kier alpha value is -2.50. The molecule has 2 aromatic rings. The molecule has 1 atom stereocenters. The van der Waals surface area contributed by atoms with Crippen molar-refractivity contribution in [2.24, 2.45) is 0 Å². The Morgan fingerprint density at radius 2 is 1.92 bits per heavy atom. The highest BCUT2D eigenvalue weighted by molar-refractivity contribution is 5.76. The van der Waals surface area contributed by atoms with E-state index in [4.69, 9.17) is 4.74 Å². The Labute approximate surface area is 154 Å². The summed E-state index contributed by atoms with van der Waals surface area (Å²) in [5.41, 5.74) is 2.42. The number of urea groups is 1. The molecule has 1 unspecified atom stereocenters. The van der Waals surface area contributed by atoms with Crippen LogP contribution in [-0.2, 0) is 0 Å². The zero-order valence-corrected chi connectivity index (χ0v) is 15.2. The zero-order chi connectivity index (χ0) is 17.9. The largest absolute Gasteiger partial charge is 0.494 e. The molecule has 1 N–H and O–H groups in total. The van der Waals surface area contributed by atoms with Crippen LogP contribution in [0.4, 0.5) is 4.79 Å². The minimum Gasteiger partial charge on any atom is -0.494 e. The molecule has 0 radical (unpaired) electrons. The van der Waals surface area contributed by atoms with E-state index in [1.807, 2.05) is 28.0 Å². The Morgan fingerprint density at radius 3 is 2.62 bits per heavy atom. The second-order valence-electron chi connectivity index (χ2n) is 7.25. The summed E-state index contributed by atoms with van der Waals surface area (Å²) >= 11 is 0. The molecule has 0 spiro atoms. The van der Waals surface area contributed by atoms with Crippen LogP contribution >= 0.6 is 0 Å². The number of benzene rings is 1. The van der Waals surface area contributed by atoms with Crippen molar-refractivity contribution in [1.82, 2.24) is 20.0 Å². The zero-order valence-electron chi connectivity index (χ0n) is 15.2. The first-order valence-electron chi connectivity index (χ1n) is 9.50. The van der Waals surface area contributed by atoms with Crippen LogP contribution in [0.2, 0.25) is 0 Å². The molecule has 3 heterocycles. The van der Waals surface area contributed by atoms with E-state index in [2.05, 4.69) is 29.3 Å². The third-order valence-electron chi connectivity index (χ3n) is 5.40. The lowest BCUT2D eigenvalue weighted by Gasteiger charge is -2.41. The van der Waals surface area contributed by atoms with Gasteiger partial charge in [0.2, 0.25) is 0 Å². The van der Waals surface area contributed by atoms with Crippen LogP contribution in [0.25, 0.3) is 0 Å². The number of likely N-dealkylation sites (tertiary alicyclic amines) is 2. The monoisotopic (exact) mass is 354 g/mol. The van der Waals surface area contributed by atoms with Gasteiger partial charge in [0.05, 0.1) is 6.61 Å². The van der Waals surface area contributed by atoms with Crippen LogP contribution in [0.3, 0.4) is 0 Å². The summed E-state index contributed by atoms with van der Waals surface area (Å²) in [6.07, 6.45) is 3.79. The number of hydrogen-bond acceptors (Lipinski definition) is 3. The number of ether oxygens (including phenoxy) is 1. The number of carbonyl (C=O) groups is 1. The molecule has 0 saturated carbocycles. The molecule has 26 heavy (non-hydrogen) atoms. The third kappa shape index (κ3) is 3.41. The number of carbonyl (C=O) groups excluding carboxylic acids is 1. The molecule has 2 aliphatic rings. The van der Waals surface area contributed by atoms with Crippen molar-refractivity contribution in [1.29, 1.82) is 0 Å². The standard InChI is InChI=1S/C20H26N4O2/c1-2-11-26-18-5-3-15(4-6-18)17-13-24(14-17)20(25)23-10-8-16(12-23)19-7-9-21-22-19/h3-7,9,16-17H,2,8,10-14H2,1H3,(H,21,22). The molecular formula is C20H26N4O2. The number of nitrogens with one attached hydrogen (secondary N) is 1. The first kappa shape index (κ1) is 16.9. The quantitative estimate of drug-likeness (QED) is 0.897. The van der Waals surface area contributed by atoms with Crippen LogP contribution in [0, 0.1) is 0 Å². The van der Waals surface area contributed by atoms with Crippen molar-refractivity contribution in [3.8, 4) is 5.75 Å². The number of rotatable bonds is 5. The topological polar surface area (TPSA) is 61.5 Å². The van der Waals surface area contributed by atoms with Gasteiger partial charge in [-0.15, -0.1) is 0 Å². The highest BCUT2D eigenvalue weighted by atomic mass is 16.5. The number of hydrogen-bond donors (Lipinski definition) is 1. The predicted octanol–water partition coefficient (Wildman–Crippen LogP) is 3.21. The van der Waals surface area contributed by atoms with Gasteiger partial charge in [0, 0.05) is 49.9 Å². The SMILES string of the molecule is CCCOc1ccc(C2CN(C(=O)N3CCC(c4ccn[nH]4)C3)C2)cc1. The maximum Gasteiger partial charge on any atom is 0.320 e. The molecule has 6 heteroatoms. The molecule has 2 saturated heterocycles. The summed E-state index contributed by atoms with van der Waals surface area (Å²) in [7, 11) is 0. The predicted molar refractivity (Wildman–Crippen MR) is 99.5 cm³/mol. The maximum absolute atomic E-state index is 12.7. The van der Waals surface area contributed by atoms with Crippen molar-refractivity contribution < 1.29 is 9.53 Å². The summed E-state index contributed by atoms with van der Waals surface area (Å²) in [5.74, 6) is 1.74. The molecule has 2 aliphatic heterocycles. The molecule has 0 bridgehead atoms. The summed E-state index contributed by atoms with van der Waals surface area (Å²) in [6.45, 7) is 6.07. The van der Waals surface area contributed by atoms with Gasteiger partial charge in [0.25, 0.3) is 0 Å².